The molecule has 3 fully saturated rings. The van der Waals surface area contributed by atoms with Crippen LogP contribution in [0.2, 0.25) is 0 Å². The molecule has 3 rings (SSSR count). The molecule has 0 bridgehead atoms. The van der Waals surface area contributed by atoms with Gasteiger partial charge in [0.1, 0.15) is 0 Å². The lowest BCUT2D eigenvalue weighted by atomic mass is 9.74. The quantitative estimate of drug-likeness (QED) is 0.823. The van der Waals surface area contributed by atoms with Gasteiger partial charge in [-0.1, -0.05) is 13.3 Å². The Bertz CT molecular complexity index is 298. The molecular formula is C15H26O3. The third kappa shape index (κ3) is 2.21. The van der Waals surface area contributed by atoms with E-state index in [9.17, 15) is 5.11 Å². The van der Waals surface area contributed by atoms with Crippen LogP contribution in [0.5, 0.6) is 0 Å². The van der Waals surface area contributed by atoms with Crippen molar-refractivity contribution in [3.05, 3.63) is 0 Å². The SMILES string of the molecule is CCC1CCC(O)(C2CCOC3(CCOC3)C2)C1. The Kier molecular flexibility index (Phi) is 3.41. The van der Waals surface area contributed by atoms with Crippen molar-refractivity contribution < 1.29 is 14.6 Å². The van der Waals surface area contributed by atoms with Gasteiger partial charge in [0.2, 0.25) is 0 Å². The molecule has 1 saturated carbocycles. The number of hydrogen-bond donors (Lipinski definition) is 1. The minimum atomic E-state index is -0.417. The molecule has 0 aromatic rings. The molecule has 3 heteroatoms. The topological polar surface area (TPSA) is 38.7 Å². The van der Waals surface area contributed by atoms with Crippen molar-refractivity contribution in [2.75, 3.05) is 19.8 Å². The maximum Gasteiger partial charge on any atom is 0.0940 e. The van der Waals surface area contributed by atoms with Crippen molar-refractivity contribution in [3.63, 3.8) is 0 Å². The molecular weight excluding hydrogens is 228 g/mol. The van der Waals surface area contributed by atoms with Gasteiger partial charge < -0.3 is 14.6 Å². The van der Waals surface area contributed by atoms with E-state index in [1.807, 2.05) is 0 Å². The van der Waals surface area contributed by atoms with Crippen LogP contribution in [0, 0.1) is 11.8 Å². The van der Waals surface area contributed by atoms with E-state index in [4.69, 9.17) is 9.47 Å². The second-order valence-electron chi connectivity index (χ2n) is 6.64. The van der Waals surface area contributed by atoms with E-state index < -0.39 is 5.60 Å². The van der Waals surface area contributed by atoms with Gasteiger partial charge in [-0.15, -0.1) is 0 Å². The van der Waals surface area contributed by atoms with E-state index in [1.54, 1.807) is 0 Å². The first kappa shape index (κ1) is 12.9. The lowest BCUT2D eigenvalue weighted by Gasteiger charge is -2.43. The fourth-order valence-electron chi connectivity index (χ4n) is 4.23. The Morgan fingerprint density at radius 2 is 2.06 bits per heavy atom. The molecule has 104 valence electrons. The first-order valence-electron chi connectivity index (χ1n) is 7.60. The summed E-state index contributed by atoms with van der Waals surface area (Å²) in [6.45, 7) is 4.60. The van der Waals surface area contributed by atoms with Crippen molar-refractivity contribution in [2.45, 2.75) is 63.1 Å². The Morgan fingerprint density at radius 3 is 2.72 bits per heavy atom. The van der Waals surface area contributed by atoms with Crippen LogP contribution >= 0.6 is 0 Å². The van der Waals surface area contributed by atoms with E-state index >= 15 is 0 Å². The summed E-state index contributed by atoms with van der Waals surface area (Å²) in [5, 5.41) is 11.0. The van der Waals surface area contributed by atoms with Crippen molar-refractivity contribution in [1.82, 2.24) is 0 Å². The van der Waals surface area contributed by atoms with Gasteiger partial charge in [-0.25, -0.2) is 0 Å². The Labute approximate surface area is 110 Å². The number of aliphatic hydroxyl groups is 1. The van der Waals surface area contributed by atoms with Crippen LogP contribution in [0.4, 0.5) is 0 Å². The molecule has 3 aliphatic rings. The molecule has 2 heterocycles. The van der Waals surface area contributed by atoms with Gasteiger partial charge in [-0.2, -0.15) is 0 Å². The van der Waals surface area contributed by atoms with Crippen LogP contribution in [0.15, 0.2) is 0 Å². The van der Waals surface area contributed by atoms with Crippen LogP contribution in [-0.2, 0) is 9.47 Å². The third-order valence-electron chi connectivity index (χ3n) is 5.53. The zero-order valence-corrected chi connectivity index (χ0v) is 11.5. The molecule has 3 nitrogen and oxygen atoms in total. The minimum absolute atomic E-state index is 0.0665. The van der Waals surface area contributed by atoms with Crippen LogP contribution in [0.1, 0.15) is 51.9 Å². The summed E-state index contributed by atoms with van der Waals surface area (Å²) in [6.07, 6.45) is 7.44. The zero-order valence-electron chi connectivity index (χ0n) is 11.5. The van der Waals surface area contributed by atoms with E-state index in [1.165, 1.54) is 12.8 Å². The van der Waals surface area contributed by atoms with Gasteiger partial charge in [-0.05, 0) is 43.9 Å². The lowest BCUT2D eigenvalue weighted by molar-refractivity contribution is -0.141. The highest BCUT2D eigenvalue weighted by molar-refractivity contribution is 5.00. The van der Waals surface area contributed by atoms with E-state index in [-0.39, 0.29) is 5.60 Å². The second-order valence-corrected chi connectivity index (χ2v) is 6.64. The van der Waals surface area contributed by atoms with Gasteiger partial charge in [-0.3, -0.25) is 0 Å². The van der Waals surface area contributed by atoms with Crippen LogP contribution in [-0.4, -0.2) is 36.1 Å². The van der Waals surface area contributed by atoms with Gasteiger partial charge in [0.15, 0.2) is 0 Å². The molecule has 0 radical (unpaired) electrons. The van der Waals surface area contributed by atoms with Crippen LogP contribution in [0.3, 0.4) is 0 Å². The maximum atomic E-state index is 11.0. The van der Waals surface area contributed by atoms with Gasteiger partial charge in [0.05, 0.1) is 17.8 Å². The average molecular weight is 254 g/mol. The third-order valence-corrected chi connectivity index (χ3v) is 5.53. The van der Waals surface area contributed by atoms with Crippen LogP contribution in [0.25, 0.3) is 0 Å². The number of hydrogen-bond acceptors (Lipinski definition) is 3. The average Bonchev–Trinajstić information content (AvgIpc) is 2.98. The number of rotatable bonds is 2. The normalized spacial score (nSPS) is 49.0. The monoisotopic (exact) mass is 254 g/mol. The molecule has 0 aromatic carbocycles. The predicted molar refractivity (Wildman–Crippen MR) is 69.4 cm³/mol. The molecule has 4 atom stereocenters. The summed E-state index contributed by atoms with van der Waals surface area (Å²) in [6, 6.07) is 0. The maximum absolute atomic E-state index is 11.0. The highest BCUT2D eigenvalue weighted by Gasteiger charge is 2.49. The predicted octanol–water partition coefficient (Wildman–Crippen LogP) is 2.51. The van der Waals surface area contributed by atoms with Crippen molar-refractivity contribution in [1.29, 1.82) is 0 Å². The summed E-state index contributed by atoms with van der Waals surface area (Å²) in [7, 11) is 0. The summed E-state index contributed by atoms with van der Waals surface area (Å²) >= 11 is 0. The molecule has 1 spiro atoms. The van der Waals surface area contributed by atoms with Gasteiger partial charge in [0.25, 0.3) is 0 Å². The van der Waals surface area contributed by atoms with Crippen molar-refractivity contribution in [2.24, 2.45) is 11.8 Å². The fraction of sp³-hybridized carbons (Fsp3) is 1.00. The molecule has 2 saturated heterocycles. The van der Waals surface area contributed by atoms with Crippen molar-refractivity contribution >= 4 is 0 Å². The Morgan fingerprint density at radius 1 is 1.17 bits per heavy atom. The Hall–Kier alpha value is -0.120. The zero-order chi connectivity index (χ0) is 12.6. The first-order chi connectivity index (χ1) is 8.66. The summed E-state index contributed by atoms with van der Waals surface area (Å²) in [4.78, 5) is 0. The Balaban J connectivity index is 1.68. The summed E-state index contributed by atoms with van der Waals surface area (Å²) in [5.41, 5.74) is -0.483. The van der Waals surface area contributed by atoms with Gasteiger partial charge in [0, 0.05) is 19.6 Å². The smallest absolute Gasteiger partial charge is 0.0940 e. The summed E-state index contributed by atoms with van der Waals surface area (Å²) < 4.78 is 11.5. The molecule has 1 N–H and O–H groups in total. The molecule has 1 aliphatic carbocycles. The van der Waals surface area contributed by atoms with E-state index in [2.05, 4.69) is 6.92 Å². The second kappa shape index (κ2) is 4.77. The molecule has 2 aliphatic heterocycles. The standard InChI is InChI=1S/C15H26O3/c1-2-12-3-5-15(16,9-12)13-4-7-18-14(10-13)6-8-17-11-14/h12-13,16H,2-11H2,1H3. The lowest BCUT2D eigenvalue weighted by Crippen LogP contribution is -2.48. The largest absolute Gasteiger partial charge is 0.390 e. The highest BCUT2D eigenvalue weighted by atomic mass is 16.6. The highest BCUT2D eigenvalue weighted by Crippen LogP contribution is 2.48. The minimum Gasteiger partial charge on any atom is -0.390 e. The van der Waals surface area contributed by atoms with Crippen LogP contribution < -0.4 is 0 Å². The number of ether oxygens (including phenoxy) is 2. The van der Waals surface area contributed by atoms with Gasteiger partial charge >= 0.3 is 0 Å². The molecule has 18 heavy (non-hydrogen) atoms. The van der Waals surface area contributed by atoms with E-state index in [0.29, 0.717) is 5.92 Å². The fourth-order valence-corrected chi connectivity index (χ4v) is 4.23. The molecule has 0 amide bonds. The molecule has 4 unspecified atom stereocenters. The molecule has 0 aromatic heterocycles. The van der Waals surface area contributed by atoms with Crippen molar-refractivity contribution in [3.8, 4) is 0 Å². The van der Waals surface area contributed by atoms with E-state index in [0.717, 1.165) is 57.8 Å². The first-order valence-corrected chi connectivity index (χ1v) is 7.60. The summed E-state index contributed by atoms with van der Waals surface area (Å²) in [5.74, 6) is 1.15.